The van der Waals surface area contributed by atoms with Crippen LogP contribution >= 0.6 is 11.3 Å². The Morgan fingerprint density at radius 3 is 2.52 bits per heavy atom. The van der Waals surface area contributed by atoms with E-state index in [4.69, 9.17) is 10.5 Å². The van der Waals surface area contributed by atoms with Crippen LogP contribution in [0.15, 0.2) is 60.7 Å². The topological polar surface area (TPSA) is 80.5 Å². The van der Waals surface area contributed by atoms with E-state index in [0.717, 1.165) is 35.3 Å². The lowest BCUT2D eigenvalue weighted by atomic mass is 9.99. The van der Waals surface area contributed by atoms with Gasteiger partial charge in [-0.05, 0) is 31.4 Å². The lowest BCUT2D eigenvalue weighted by Crippen LogP contribution is -2.24. The molecule has 0 spiro atoms. The first-order valence-electron chi connectivity index (χ1n) is 10.4. The summed E-state index contributed by atoms with van der Waals surface area (Å²) in [6.07, 6.45) is 1.29. The number of aryl methyl sites for hydroxylation is 1. The van der Waals surface area contributed by atoms with Crippen molar-refractivity contribution in [1.29, 1.82) is 0 Å². The number of benzene rings is 2. The molecule has 2 aromatic carbocycles. The van der Waals surface area contributed by atoms with E-state index in [1.165, 1.54) is 36.4 Å². The Bertz CT molecular complexity index is 947. The molecule has 0 aliphatic carbocycles. The molecule has 6 nitrogen and oxygen atoms in total. The number of carbonyl (C=O) groups excluding carboxylic acids is 1. The van der Waals surface area contributed by atoms with Gasteiger partial charge in [0, 0.05) is 25.8 Å². The number of nitrogens with zero attached hydrogens (tertiary/aromatic N) is 2. The molecule has 7 heteroatoms. The molecule has 31 heavy (non-hydrogen) atoms. The number of nitrogens with one attached hydrogen (secondary N) is 1. The van der Waals surface area contributed by atoms with Gasteiger partial charge in [-0.2, -0.15) is 0 Å². The summed E-state index contributed by atoms with van der Waals surface area (Å²) in [5, 5.41) is 4.14. The highest BCUT2D eigenvalue weighted by Gasteiger charge is 2.22. The van der Waals surface area contributed by atoms with Crippen LogP contribution in [0.3, 0.4) is 0 Å². The second kappa shape index (κ2) is 11.6. The summed E-state index contributed by atoms with van der Waals surface area (Å²) in [6.45, 7) is 6.16. The van der Waals surface area contributed by atoms with E-state index in [1.54, 1.807) is 7.11 Å². The third-order valence-electron chi connectivity index (χ3n) is 5.21. The Morgan fingerprint density at radius 1 is 1.19 bits per heavy atom. The summed E-state index contributed by atoms with van der Waals surface area (Å²) >= 11 is 1.42. The maximum absolute atomic E-state index is 10.8. The van der Waals surface area contributed by atoms with Crippen LogP contribution in [0.1, 0.15) is 23.6 Å². The standard InChI is InChI=1S/C13H19NO.C11H11N3OS/c1-15-10-9-14-8-7-13(11-14)12-5-3-2-4-6-12;1-7-9(14-11(12)15)16-10(13-7)8-5-3-2-4-6-8/h2-6,13H,7-11H2,1H3;2-6H,1H3,(H3,12,14,15). The largest absolute Gasteiger partial charge is 0.383 e. The number of hydrogen-bond donors (Lipinski definition) is 2. The molecule has 1 aliphatic rings. The highest BCUT2D eigenvalue weighted by molar-refractivity contribution is 7.19. The number of likely N-dealkylation sites (tertiary alicyclic amines) is 1. The zero-order chi connectivity index (χ0) is 22.1. The summed E-state index contributed by atoms with van der Waals surface area (Å²) < 4.78 is 5.10. The Hall–Kier alpha value is -2.74. The number of nitrogens with two attached hydrogens (primary N) is 1. The molecule has 1 aromatic heterocycles. The number of methoxy groups -OCH3 is 1. The predicted octanol–water partition coefficient (Wildman–Crippen LogP) is 4.73. The van der Waals surface area contributed by atoms with Crippen molar-refractivity contribution in [3.63, 3.8) is 0 Å². The fourth-order valence-electron chi connectivity index (χ4n) is 3.58. The summed E-state index contributed by atoms with van der Waals surface area (Å²) in [6, 6.07) is 20.1. The summed E-state index contributed by atoms with van der Waals surface area (Å²) in [5.41, 5.74) is 8.37. The molecule has 0 bridgehead atoms. The first kappa shape index (κ1) is 22.9. The van der Waals surface area contributed by atoms with Crippen molar-refractivity contribution in [3.05, 3.63) is 71.9 Å². The maximum Gasteiger partial charge on any atom is 0.317 e. The minimum absolute atomic E-state index is 0.564. The molecule has 3 N–H and O–H groups in total. The quantitative estimate of drug-likeness (QED) is 0.583. The molecule has 1 saturated heterocycles. The van der Waals surface area contributed by atoms with E-state index in [9.17, 15) is 4.79 Å². The van der Waals surface area contributed by atoms with Gasteiger partial charge in [0.05, 0.1) is 12.3 Å². The third kappa shape index (κ3) is 6.89. The van der Waals surface area contributed by atoms with E-state index in [1.807, 2.05) is 37.3 Å². The van der Waals surface area contributed by atoms with Gasteiger partial charge < -0.3 is 15.4 Å². The average molecular weight is 439 g/mol. The highest BCUT2D eigenvalue weighted by atomic mass is 32.1. The Labute approximate surface area is 188 Å². The Morgan fingerprint density at radius 2 is 1.87 bits per heavy atom. The van der Waals surface area contributed by atoms with Crippen molar-refractivity contribution in [3.8, 4) is 10.6 Å². The SMILES string of the molecule is COCCN1CCC(c2ccccc2)C1.Cc1nc(-c2ccccc2)sc1NC(N)=O. The van der Waals surface area contributed by atoms with Gasteiger partial charge in [-0.1, -0.05) is 72.0 Å². The normalized spacial score (nSPS) is 15.9. The molecule has 0 saturated carbocycles. The van der Waals surface area contributed by atoms with Crippen LogP contribution in [0.25, 0.3) is 10.6 Å². The van der Waals surface area contributed by atoms with Gasteiger partial charge in [0.25, 0.3) is 0 Å². The van der Waals surface area contributed by atoms with Crippen molar-refractivity contribution < 1.29 is 9.53 Å². The zero-order valence-electron chi connectivity index (χ0n) is 18.1. The molecule has 1 unspecified atom stereocenters. The van der Waals surface area contributed by atoms with Crippen molar-refractivity contribution in [2.75, 3.05) is 38.7 Å². The molecule has 3 aromatic rings. The summed E-state index contributed by atoms with van der Waals surface area (Å²) in [4.78, 5) is 17.6. The molecular weight excluding hydrogens is 408 g/mol. The number of anilines is 1. The van der Waals surface area contributed by atoms with Crippen LogP contribution in [0.4, 0.5) is 9.80 Å². The predicted molar refractivity (Wildman–Crippen MR) is 128 cm³/mol. The van der Waals surface area contributed by atoms with Crippen molar-refractivity contribution >= 4 is 22.4 Å². The van der Waals surface area contributed by atoms with E-state index >= 15 is 0 Å². The monoisotopic (exact) mass is 438 g/mol. The van der Waals surface area contributed by atoms with Gasteiger partial charge in [-0.3, -0.25) is 5.32 Å². The second-order valence-corrected chi connectivity index (χ2v) is 8.48. The number of urea groups is 1. The summed E-state index contributed by atoms with van der Waals surface area (Å²) in [5.74, 6) is 0.725. The van der Waals surface area contributed by atoms with Gasteiger partial charge in [-0.15, -0.1) is 0 Å². The number of ether oxygens (including phenoxy) is 1. The number of hydrogen-bond acceptors (Lipinski definition) is 5. The first-order valence-corrected chi connectivity index (χ1v) is 11.2. The smallest absolute Gasteiger partial charge is 0.317 e. The molecular formula is C24H30N4O2S. The van der Waals surface area contributed by atoms with Crippen LogP contribution in [-0.2, 0) is 4.74 Å². The van der Waals surface area contributed by atoms with Crippen molar-refractivity contribution in [2.24, 2.45) is 5.73 Å². The third-order valence-corrected chi connectivity index (χ3v) is 6.33. The Balaban J connectivity index is 0.000000176. The maximum atomic E-state index is 10.8. The van der Waals surface area contributed by atoms with E-state index in [0.29, 0.717) is 5.00 Å². The van der Waals surface area contributed by atoms with Gasteiger partial charge in [0.15, 0.2) is 0 Å². The van der Waals surface area contributed by atoms with Gasteiger partial charge >= 0.3 is 6.03 Å². The Kier molecular flexibility index (Phi) is 8.58. The van der Waals surface area contributed by atoms with Gasteiger partial charge in [-0.25, -0.2) is 9.78 Å². The second-order valence-electron chi connectivity index (χ2n) is 7.48. The molecule has 1 fully saturated rings. The van der Waals surface area contributed by atoms with Crippen LogP contribution in [0, 0.1) is 6.92 Å². The van der Waals surface area contributed by atoms with E-state index in [2.05, 4.69) is 45.5 Å². The molecule has 2 amide bonds. The van der Waals surface area contributed by atoms with Crippen molar-refractivity contribution in [2.45, 2.75) is 19.3 Å². The van der Waals surface area contributed by atoms with Crippen LogP contribution in [-0.4, -0.2) is 49.3 Å². The first-order chi connectivity index (χ1) is 15.1. The lowest BCUT2D eigenvalue weighted by molar-refractivity contribution is 0.160. The highest BCUT2D eigenvalue weighted by Crippen LogP contribution is 2.31. The minimum atomic E-state index is -0.564. The van der Waals surface area contributed by atoms with Crippen LogP contribution in [0.2, 0.25) is 0 Å². The molecule has 0 radical (unpaired) electrons. The fourth-order valence-corrected chi connectivity index (χ4v) is 4.56. The minimum Gasteiger partial charge on any atom is -0.383 e. The van der Waals surface area contributed by atoms with Crippen LogP contribution in [0.5, 0.6) is 0 Å². The van der Waals surface area contributed by atoms with Crippen LogP contribution < -0.4 is 11.1 Å². The molecule has 1 atom stereocenters. The molecule has 4 rings (SSSR count). The van der Waals surface area contributed by atoms with Gasteiger partial charge in [0.2, 0.25) is 0 Å². The van der Waals surface area contributed by atoms with Crippen molar-refractivity contribution in [1.82, 2.24) is 9.88 Å². The molecule has 164 valence electrons. The number of primary amides is 1. The molecule has 1 aliphatic heterocycles. The van der Waals surface area contributed by atoms with E-state index < -0.39 is 6.03 Å². The number of aromatic nitrogens is 1. The number of carbonyl (C=O) groups is 1. The lowest BCUT2D eigenvalue weighted by Gasteiger charge is -2.15. The average Bonchev–Trinajstić information content (AvgIpc) is 3.41. The zero-order valence-corrected chi connectivity index (χ0v) is 18.9. The molecule has 2 heterocycles. The van der Waals surface area contributed by atoms with E-state index in [-0.39, 0.29) is 0 Å². The number of thiazole rings is 1. The number of rotatable bonds is 6. The van der Waals surface area contributed by atoms with Gasteiger partial charge in [0.1, 0.15) is 10.0 Å². The number of amides is 2. The fraction of sp³-hybridized carbons (Fsp3) is 0.333. The summed E-state index contributed by atoms with van der Waals surface area (Å²) in [7, 11) is 1.77.